The predicted molar refractivity (Wildman–Crippen MR) is 94.7 cm³/mol. The smallest absolute Gasteiger partial charge is 0.324 e. The van der Waals surface area contributed by atoms with Gasteiger partial charge in [0.2, 0.25) is 5.91 Å². The third-order valence-corrected chi connectivity index (χ3v) is 4.01. The molecule has 1 aliphatic rings. The summed E-state index contributed by atoms with van der Waals surface area (Å²) in [5.41, 5.74) is 1.17. The van der Waals surface area contributed by atoms with E-state index in [4.69, 9.17) is 0 Å². The van der Waals surface area contributed by atoms with Gasteiger partial charge in [-0.25, -0.2) is 4.79 Å². The van der Waals surface area contributed by atoms with Crippen molar-refractivity contribution in [3.63, 3.8) is 0 Å². The summed E-state index contributed by atoms with van der Waals surface area (Å²) in [5.74, 6) is -1.20. The van der Waals surface area contributed by atoms with Gasteiger partial charge in [0.05, 0.1) is 5.69 Å². The minimum absolute atomic E-state index is 0.0464. The normalized spacial score (nSPS) is 13.9. The summed E-state index contributed by atoms with van der Waals surface area (Å²) in [5, 5.41) is 2.62. The second kappa shape index (κ2) is 7.18. The molecule has 2 aromatic carbocycles. The number of carbonyl (C=O) groups excluding carboxylic acids is 4. The monoisotopic (exact) mass is 351 g/mol. The van der Waals surface area contributed by atoms with E-state index in [9.17, 15) is 19.2 Å². The molecule has 0 spiro atoms. The van der Waals surface area contributed by atoms with Crippen LogP contribution in [0.5, 0.6) is 0 Å². The van der Waals surface area contributed by atoms with Gasteiger partial charge in [-0.15, -0.1) is 0 Å². The number of nitrogens with one attached hydrogen (secondary N) is 1. The van der Waals surface area contributed by atoms with Crippen LogP contribution in [-0.4, -0.2) is 53.6 Å². The maximum absolute atomic E-state index is 12.7. The van der Waals surface area contributed by atoms with Crippen molar-refractivity contribution < 1.29 is 19.2 Å². The summed E-state index contributed by atoms with van der Waals surface area (Å²) in [6.45, 7) is -0.439. The molecule has 4 amide bonds. The first kappa shape index (κ1) is 17.3. The number of amides is 4. The van der Waals surface area contributed by atoms with Crippen LogP contribution in [0.3, 0.4) is 0 Å². The Morgan fingerprint density at radius 1 is 1.00 bits per heavy atom. The highest BCUT2D eigenvalue weighted by Crippen LogP contribution is 2.19. The Hall–Kier alpha value is -3.48. The molecule has 1 heterocycles. The van der Waals surface area contributed by atoms with E-state index in [1.54, 1.807) is 48.5 Å². The third kappa shape index (κ3) is 3.46. The highest BCUT2D eigenvalue weighted by Gasteiger charge is 2.34. The largest absolute Gasteiger partial charge is 0.327 e. The fourth-order valence-corrected chi connectivity index (χ4v) is 2.69. The Kier molecular flexibility index (Phi) is 4.79. The van der Waals surface area contributed by atoms with Crippen LogP contribution >= 0.6 is 0 Å². The maximum atomic E-state index is 12.7. The second-order valence-corrected chi connectivity index (χ2v) is 5.91. The highest BCUT2D eigenvalue weighted by molar-refractivity contribution is 6.14. The van der Waals surface area contributed by atoms with Gasteiger partial charge in [-0.05, 0) is 12.1 Å². The zero-order chi connectivity index (χ0) is 18.7. The molecular weight excluding hydrogens is 334 g/mol. The minimum atomic E-state index is -0.546. The van der Waals surface area contributed by atoms with Crippen LogP contribution in [0.1, 0.15) is 15.9 Å². The number of nitrogens with zero attached hydrogens (tertiary/aromatic N) is 2. The lowest BCUT2D eigenvalue weighted by atomic mass is 10.0. The molecule has 0 unspecified atom stereocenters. The summed E-state index contributed by atoms with van der Waals surface area (Å²) < 4.78 is 0. The summed E-state index contributed by atoms with van der Waals surface area (Å²) in [6, 6.07) is 14.8. The number of anilines is 1. The van der Waals surface area contributed by atoms with E-state index in [2.05, 4.69) is 5.32 Å². The molecule has 0 saturated carbocycles. The van der Waals surface area contributed by atoms with Crippen molar-refractivity contribution in [2.24, 2.45) is 0 Å². The van der Waals surface area contributed by atoms with E-state index in [0.29, 0.717) is 16.8 Å². The average molecular weight is 351 g/mol. The SMILES string of the molecule is CN1CC(=O)N(CC(=O)Nc2ccccc2C(=O)c2ccccc2)C1=O. The Balaban J connectivity index is 1.76. The first-order valence-electron chi connectivity index (χ1n) is 8.01. The number of hydrogen-bond donors (Lipinski definition) is 1. The Morgan fingerprint density at radius 2 is 1.65 bits per heavy atom. The molecule has 1 fully saturated rings. The molecule has 132 valence electrons. The molecule has 7 nitrogen and oxygen atoms in total. The first-order chi connectivity index (χ1) is 12.5. The molecule has 1 N–H and O–H groups in total. The number of rotatable bonds is 5. The van der Waals surface area contributed by atoms with Crippen LogP contribution in [-0.2, 0) is 9.59 Å². The van der Waals surface area contributed by atoms with E-state index >= 15 is 0 Å². The van der Waals surface area contributed by atoms with Gasteiger partial charge in [0.25, 0.3) is 5.91 Å². The predicted octanol–water partition coefficient (Wildman–Crippen LogP) is 1.75. The van der Waals surface area contributed by atoms with E-state index < -0.39 is 24.4 Å². The summed E-state index contributed by atoms with van der Waals surface area (Å²) in [6.07, 6.45) is 0. The van der Waals surface area contributed by atoms with Gasteiger partial charge in [0.1, 0.15) is 13.1 Å². The number of hydrogen-bond acceptors (Lipinski definition) is 4. The van der Waals surface area contributed by atoms with E-state index in [0.717, 1.165) is 4.90 Å². The summed E-state index contributed by atoms with van der Waals surface area (Å²) in [4.78, 5) is 50.7. The topological polar surface area (TPSA) is 86.8 Å². The van der Waals surface area contributed by atoms with Gasteiger partial charge in [0.15, 0.2) is 5.78 Å². The van der Waals surface area contributed by atoms with Crippen molar-refractivity contribution in [2.75, 3.05) is 25.5 Å². The molecule has 7 heteroatoms. The van der Waals surface area contributed by atoms with Crippen LogP contribution in [0.4, 0.5) is 10.5 Å². The lowest BCUT2D eigenvalue weighted by Gasteiger charge is -2.15. The Morgan fingerprint density at radius 3 is 2.31 bits per heavy atom. The molecule has 1 saturated heterocycles. The molecule has 2 aromatic rings. The van der Waals surface area contributed by atoms with Crippen molar-refractivity contribution in [3.8, 4) is 0 Å². The fourth-order valence-electron chi connectivity index (χ4n) is 2.69. The van der Waals surface area contributed by atoms with E-state index in [1.165, 1.54) is 11.9 Å². The lowest BCUT2D eigenvalue weighted by Crippen LogP contribution is -2.38. The van der Waals surface area contributed by atoms with Gasteiger partial charge in [-0.2, -0.15) is 0 Å². The van der Waals surface area contributed by atoms with Gasteiger partial charge < -0.3 is 10.2 Å². The van der Waals surface area contributed by atoms with Gasteiger partial charge >= 0.3 is 6.03 Å². The fraction of sp³-hybridized carbons (Fsp3) is 0.158. The first-order valence-corrected chi connectivity index (χ1v) is 8.01. The van der Waals surface area contributed by atoms with Crippen LogP contribution in [0, 0.1) is 0 Å². The van der Waals surface area contributed by atoms with Crippen molar-refractivity contribution in [1.82, 2.24) is 9.80 Å². The molecule has 26 heavy (non-hydrogen) atoms. The van der Waals surface area contributed by atoms with Crippen LogP contribution in [0.15, 0.2) is 54.6 Å². The highest BCUT2D eigenvalue weighted by atomic mass is 16.2. The Bertz CT molecular complexity index is 879. The molecule has 0 aromatic heterocycles. The number of urea groups is 1. The van der Waals surface area contributed by atoms with Crippen molar-refractivity contribution in [1.29, 1.82) is 0 Å². The second-order valence-electron chi connectivity index (χ2n) is 5.91. The van der Waals surface area contributed by atoms with Gasteiger partial charge in [0, 0.05) is 18.2 Å². The molecule has 3 rings (SSSR count). The quantitative estimate of drug-likeness (QED) is 0.657. The number of para-hydroxylation sites is 1. The van der Waals surface area contributed by atoms with E-state index in [1.807, 2.05) is 6.07 Å². The van der Waals surface area contributed by atoms with Crippen LogP contribution in [0.25, 0.3) is 0 Å². The number of ketones is 1. The molecule has 0 aliphatic carbocycles. The van der Waals surface area contributed by atoms with Gasteiger partial charge in [-0.3, -0.25) is 19.3 Å². The zero-order valence-corrected chi connectivity index (χ0v) is 14.1. The lowest BCUT2D eigenvalue weighted by molar-refractivity contribution is -0.129. The number of benzene rings is 2. The van der Waals surface area contributed by atoms with Crippen molar-refractivity contribution in [3.05, 3.63) is 65.7 Å². The van der Waals surface area contributed by atoms with Crippen LogP contribution in [0.2, 0.25) is 0 Å². The van der Waals surface area contributed by atoms with Gasteiger partial charge in [-0.1, -0.05) is 42.5 Å². The minimum Gasteiger partial charge on any atom is -0.324 e. The molecule has 0 bridgehead atoms. The maximum Gasteiger partial charge on any atom is 0.327 e. The zero-order valence-electron chi connectivity index (χ0n) is 14.1. The third-order valence-electron chi connectivity index (χ3n) is 4.01. The molecule has 1 aliphatic heterocycles. The number of likely N-dealkylation sites (N-methyl/N-ethyl adjacent to an activating group) is 1. The Labute approximate surface area is 150 Å². The summed E-state index contributed by atoms with van der Waals surface area (Å²) in [7, 11) is 1.49. The average Bonchev–Trinajstić information content (AvgIpc) is 2.88. The summed E-state index contributed by atoms with van der Waals surface area (Å²) >= 11 is 0. The molecular formula is C19H17N3O4. The van der Waals surface area contributed by atoms with Crippen molar-refractivity contribution in [2.45, 2.75) is 0 Å². The van der Waals surface area contributed by atoms with Crippen molar-refractivity contribution >= 4 is 29.3 Å². The number of imide groups is 1. The van der Waals surface area contributed by atoms with Crippen LogP contribution < -0.4 is 5.32 Å². The molecule has 0 radical (unpaired) electrons. The van der Waals surface area contributed by atoms with E-state index in [-0.39, 0.29) is 12.3 Å². The number of carbonyl (C=O) groups is 4. The molecule has 0 atom stereocenters. The standard InChI is InChI=1S/C19H17N3O4/c1-21-12-17(24)22(19(21)26)11-16(23)20-15-10-6-5-9-14(15)18(25)13-7-3-2-4-8-13/h2-10H,11-12H2,1H3,(H,20,23).